The van der Waals surface area contributed by atoms with Gasteiger partial charge in [-0.05, 0) is 32.9 Å². The Morgan fingerprint density at radius 2 is 1.87 bits per heavy atom. The Morgan fingerprint density at radius 3 is 2.43 bits per heavy atom. The number of ether oxygens (including phenoxy) is 1. The summed E-state index contributed by atoms with van der Waals surface area (Å²) < 4.78 is 8.41. The van der Waals surface area contributed by atoms with E-state index in [1.54, 1.807) is 0 Å². The number of hydrogen-bond acceptors (Lipinski definition) is 6. The lowest BCUT2D eigenvalue weighted by Crippen LogP contribution is -2.53. The van der Waals surface area contributed by atoms with Gasteiger partial charge in [-0.2, -0.15) is 0 Å². The normalized spacial score (nSPS) is 17.9. The van der Waals surface area contributed by atoms with Crippen molar-refractivity contribution in [3.63, 3.8) is 0 Å². The van der Waals surface area contributed by atoms with Gasteiger partial charge in [-0.1, -0.05) is 24.9 Å². The third-order valence-corrected chi connectivity index (χ3v) is 3.95. The van der Waals surface area contributed by atoms with E-state index in [4.69, 9.17) is 10.1 Å². The van der Waals surface area contributed by atoms with Gasteiger partial charge in [0.1, 0.15) is 5.84 Å². The van der Waals surface area contributed by atoms with E-state index in [0.717, 1.165) is 11.3 Å². The van der Waals surface area contributed by atoms with Crippen LogP contribution in [0.5, 0.6) is 0 Å². The fraction of sp³-hybridized carbons (Fsp3) is 0.562. The average Bonchev–Trinajstić information content (AvgIpc) is 2.52. The molecular formula is C16H26N4O2S. The maximum absolute atomic E-state index is 10.1. The number of rotatable bonds is 4. The van der Waals surface area contributed by atoms with Crippen LogP contribution in [-0.4, -0.2) is 58.9 Å². The van der Waals surface area contributed by atoms with Crippen molar-refractivity contribution in [3.8, 4) is 0 Å². The lowest BCUT2D eigenvalue weighted by atomic mass is 10.1. The van der Waals surface area contributed by atoms with Crippen LogP contribution >= 0.6 is 12.8 Å². The van der Waals surface area contributed by atoms with Crippen molar-refractivity contribution < 1.29 is 9.84 Å². The third-order valence-electron chi connectivity index (χ3n) is 3.70. The van der Waals surface area contributed by atoms with Crippen LogP contribution in [-0.2, 0) is 4.74 Å². The fourth-order valence-electron chi connectivity index (χ4n) is 2.51. The molecule has 1 aliphatic heterocycles. The Balaban J connectivity index is 1.95. The average molecular weight is 338 g/mol. The second-order valence-electron chi connectivity index (χ2n) is 6.59. The van der Waals surface area contributed by atoms with Crippen molar-refractivity contribution in [2.24, 2.45) is 0 Å². The molecule has 0 aliphatic carbocycles. The van der Waals surface area contributed by atoms with Gasteiger partial charge < -0.3 is 19.5 Å². The first-order valence-electron chi connectivity index (χ1n) is 7.75. The minimum absolute atomic E-state index is 0.388. The fourth-order valence-corrected chi connectivity index (χ4v) is 2.71. The zero-order chi connectivity index (χ0) is 17.0. The molecule has 1 unspecified atom stereocenters. The minimum atomic E-state index is -0.905. The zero-order valence-corrected chi connectivity index (χ0v) is 14.8. The first kappa shape index (κ1) is 18.1. The quantitative estimate of drug-likeness (QED) is 0.292. The molecule has 0 bridgehead atoms. The molecule has 2 rings (SSSR count). The van der Waals surface area contributed by atoms with Gasteiger partial charge in [0.2, 0.25) is 6.41 Å². The molecule has 0 spiro atoms. The third kappa shape index (κ3) is 4.84. The van der Waals surface area contributed by atoms with Crippen LogP contribution in [0.3, 0.4) is 0 Å². The molecule has 1 aromatic rings. The van der Waals surface area contributed by atoms with Gasteiger partial charge in [0.15, 0.2) is 0 Å². The molecule has 1 fully saturated rings. The summed E-state index contributed by atoms with van der Waals surface area (Å²) in [7, 11) is 0. The number of hydrogen-bond donors (Lipinski definition) is 4. The largest absolute Gasteiger partial charge is 0.356 e. The summed E-state index contributed by atoms with van der Waals surface area (Å²) in [4.78, 5) is 3.89. The van der Waals surface area contributed by atoms with Crippen molar-refractivity contribution >= 4 is 24.3 Å². The van der Waals surface area contributed by atoms with Crippen molar-refractivity contribution in [1.29, 1.82) is 5.41 Å². The van der Waals surface area contributed by atoms with Crippen molar-refractivity contribution in [1.82, 2.24) is 9.80 Å². The number of anilines is 1. The van der Waals surface area contributed by atoms with Crippen LogP contribution in [0.2, 0.25) is 0 Å². The van der Waals surface area contributed by atoms with Crippen LogP contribution in [0.1, 0.15) is 26.3 Å². The summed E-state index contributed by atoms with van der Waals surface area (Å²) in [5.74, 6) is 0.466. The van der Waals surface area contributed by atoms with Gasteiger partial charge >= 0.3 is 0 Å². The molecule has 23 heavy (non-hydrogen) atoms. The predicted molar refractivity (Wildman–Crippen MR) is 95.9 cm³/mol. The highest BCUT2D eigenvalue weighted by Gasteiger charge is 2.27. The molecule has 1 heterocycles. The molecule has 0 amide bonds. The molecule has 6 nitrogen and oxygen atoms in total. The Hall–Kier alpha value is -1.28. The number of piperazine rings is 1. The summed E-state index contributed by atoms with van der Waals surface area (Å²) >= 11 is 4.10. The van der Waals surface area contributed by atoms with Crippen molar-refractivity contribution in [3.05, 3.63) is 29.8 Å². The number of para-hydroxylation sites is 1. The van der Waals surface area contributed by atoms with Crippen LogP contribution in [0, 0.1) is 5.41 Å². The van der Waals surface area contributed by atoms with Gasteiger partial charge in [-0.25, -0.2) is 0 Å². The highest BCUT2D eigenvalue weighted by molar-refractivity contribution is 7.81. The van der Waals surface area contributed by atoms with Gasteiger partial charge in [0.25, 0.3) is 0 Å². The van der Waals surface area contributed by atoms with Crippen LogP contribution in [0.15, 0.2) is 24.3 Å². The first-order chi connectivity index (χ1) is 10.8. The molecule has 0 aromatic heterocycles. The number of aliphatic hydroxyl groups is 1. The van der Waals surface area contributed by atoms with Crippen LogP contribution in [0.25, 0.3) is 0 Å². The molecule has 3 N–H and O–H groups in total. The Bertz CT molecular complexity index is 539. The highest BCUT2D eigenvalue weighted by atomic mass is 32.1. The Kier molecular flexibility index (Phi) is 5.91. The maximum Gasteiger partial charge on any atom is 0.216 e. The summed E-state index contributed by atoms with van der Waals surface area (Å²) in [6.07, 6.45) is -0.905. The first-order valence-corrected chi connectivity index (χ1v) is 8.19. The van der Waals surface area contributed by atoms with Gasteiger partial charge in [-0.15, -0.1) is 0 Å². The second-order valence-corrected chi connectivity index (χ2v) is 6.81. The van der Waals surface area contributed by atoms with Gasteiger partial charge in [0.05, 0.1) is 11.3 Å². The van der Waals surface area contributed by atoms with E-state index in [-0.39, 0.29) is 5.60 Å². The topological polar surface area (TPSA) is 71.8 Å². The standard InChI is InChI=1S/C16H26N4O2S/c1-16(2,3)22-15(21)20-10-8-19(9-11-20)14(17)12-6-4-5-7-13(12)18-23/h4-7,15,17-18,21,23H,8-11H2,1-3H3. The summed E-state index contributed by atoms with van der Waals surface area (Å²) in [5, 5.41) is 18.6. The van der Waals surface area contributed by atoms with Gasteiger partial charge in [0, 0.05) is 31.7 Å². The second kappa shape index (κ2) is 7.53. The molecule has 0 radical (unpaired) electrons. The Labute approximate surface area is 143 Å². The SMILES string of the molecule is CC(C)(C)OC(O)N1CCN(C(=N)c2ccccc2NS)CC1. The lowest BCUT2D eigenvalue weighted by Gasteiger charge is -2.39. The van der Waals surface area contributed by atoms with E-state index in [1.165, 1.54) is 0 Å². The number of nitrogens with zero attached hydrogens (tertiary/aromatic N) is 2. The number of amidine groups is 1. The van der Waals surface area contributed by atoms with Crippen molar-refractivity contribution in [2.45, 2.75) is 32.8 Å². The molecule has 1 aliphatic rings. The van der Waals surface area contributed by atoms with E-state index >= 15 is 0 Å². The summed E-state index contributed by atoms with van der Waals surface area (Å²) in [6, 6.07) is 7.63. The molecule has 128 valence electrons. The summed E-state index contributed by atoms with van der Waals surface area (Å²) in [6.45, 7) is 8.40. The molecule has 7 heteroatoms. The zero-order valence-electron chi connectivity index (χ0n) is 13.9. The van der Waals surface area contributed by atoms with E-state index in [2.05, 4.69) is 17.5 Å². The molecule has 1 saturated heterocycles. The van der Waals surface area contributed by atoms with E-state index in [0.29, 0.717) is 32.0 Å². The van der Waals surface area contributed by atoms with Crippen LogP contribution < -0.4 is 4.72 Å². The van der Waals surface area contributed by atoms with Crippen molar-refractivity contribution in [2.75, 3.05) is 30.9 Å². The number of nitrogens with one attached hydrogen (secondary N) is 2. The lowest BCUT2D eigenvalue weighted by molar-refractivity contribution is -0.242. The minimum Gasteiger partial charge on any atom is -0.356 e. The molecule has 0 saturated carbocycles. The van der Waals surface area contributed by atoms with E-state index in [9.17, 15) is 5.11 Å². The molecular weight excluding hydrogens is 312 g/mol. The van der Waals surface area contributed by atoms with E-state index < -0.39 is 6.41 Å². The Morgan fingerprint density at radius 1 is 1.26 bits per heavy atom. The van der Waals surface area contributed by atoms with E-state index in [1.807, 2.05) is 54.8 Å². The number of benzene rings is 1. The predicted octanol–water partition coefficient (Wildman–Crippen LogP) is 1.98. The monoisotopic (exact) mass is 338 g/mol. The van der Waals surface area contributed by atoms with Crippen LogP contribution in [0.4, 0.5) is 5.69 Å². The molecule has 1 aromatic carbocycles. The highest BCUT2D eigenvalue weighted by Crippen LogP contribution is 2.20. The number of thiol groups is 1. The maximum atomic E-state index is 10.1. The van der Waals surface area contributed by atoms with Gasteiger partial charge in [-0.3, -0.25) is 10.3 Å². The smallest absolute Gasteiger partial charge is 0.216 e. The number of aliphatic hydroxyl groups excluding tert-OH is 1. The summed E-state index contributed by atoms with van der Waals surface area (Å²) in [5.41, 5.74) is 1.25. The molecule has 1 atom stereocenters.